The van der Waals surface area contributed by atoms with Crippen LogP contribution in [-0.4, -0.2) is 221 Å². The molecule has 0 heterocycles. The van der Waals surface area contributed by atoms with Gasteiger partial charge in [-0.15, -0.1) is 0 Å². The molecule has 0 aliphatic carbocycles. The minimum Gasteiger partial charge on any atom is -0.870 e. The van der Waals surface area contributed by atoms with Gasteiger partial charge < -0.3 is 64.5 Å². The van der Waals surface area contributed by atoms with Crippen molar-refractivity contribution in [3.8, 4) is 6.07 Å². The van der Waals surface area contributed by atoms with Gasteiger partial charge in [-0.3, -0.25) is 48.5 Å². The smallest absolute Gasteiger partial charge is 0.870 e. The Balaban J connectivity index is -0.000000127. The zero-order chi connectivity index (χ0) is 106. The molecule has 0 radical (unpaired) electrons. The van der Waals surface area contributed by atoms with Crippen molar-refractivity contribution in [3.05, 3.63) is 82.9 Å². The van der Waals surface area contributed by atoms with Crippen LogP contribution in [-0.2, 0) is 104 Å². The minimum absolute atomic E-state index is 0. The van der Waals surface area contributed by atoms with Crippen molar-refractivity contribution in [2.24, 2.45) is 38.4 Å². The minimum atomic E-state index is -4.78. The number of carbonyl (C=O) groups is 11. The van der Waals surface area contributed by atoms with E-state index in [0.29, 0.717) is 20.4 Å². The van der Waals surface area contributed by atoms with Gasteiger partial charge in [-0.1, -0.05) is 137 Å². The number of aliphatic carboxylic acids is 2. The molecule has 2 atom stereocenters. The van der Waals surface area contributed by atoms with E-state index in [1.807, 2.05) is 42.5 Å². The number of nitrogens with one attached hydrogen (secondary N) is 3. The fraction of sp³-hybridized carbons (Fsp3) is 0.683. The molecule has 2 unspecified atom stereocenters. The number of rotatable bonds is 32. The summed E-state index contributed by atoms with van der Waals surface area (Å²) in [4.78, 5) is 127. The van der Waals surface area contributed by atoms with E-state index < -0.39 is 196 Å². The van der Waals surface area contributed by atoms with Gasteiger partial charge in [0.25, 0.3) is 0 Å². The maximum absolute atomic E-state index is 12.9. The van der Waals surface area contributed by atoms with E-state index in [1.165, 1.54) is 41.9 Å². The second-order valence-corrected chi connectivity index (χ2v) is 30.2. The molecular weight excluding hydrogens is 1890 g/mol. The number of carbonyl (C=O) groups excluding carboxylic acids is 9. The van der Waals surface area contributed by atoms with E-state index in [0.717, 1.165) is 99.3 Å². The Bertz CT molecular complexity index is 3700. The van der Waals surface area contributed by atoms with E-state index in [1.54, 1.807) is 52.3 Å². The molecule has 0 saturated heterocycles. The van der Waals surface area contributed by atoms with Crippen molar-refractivity contribution in [2.75, 3.05) is 68.0 Å². The van der Waals surface area contributed by atoms with Crippen LogP contribution in [0.4, 0.5) is 105 Å². The number of amides is 1. The van der Waals surface area contributed by atoms with Crippen LogP contribution in [0.3, 0.4) is 0 Å². The van der Waals surface area contributed by atoms with E-state index in [9.17, 15) is 158 Å². The number of ether oxygens (including phenoxy) is 6. The predicted molar refractivity (Wildman–Crippen MR) is 435 cm³/mol. The molecule has 0 spiro atoms. The van der Waals surface area contributed by atoms with Crippen molar-refractivity contribution < 1.29 is 236 Å². The number of nitriles is 1. The van der Waals surface area contributed by atoms with Gasteiger partial charge in [0, 0.05) is 47.0 Å². The van der Waals surface area contributed by atoms with Crippen molar-refractivity contribution in [3.63, 3.8) is 0 Å². The van der Waals surface area contributed by atoms with Gasteiger partial charge in [-0.05, 0) is 86.3 Å². The van der Waals surface area contributed by atoms with Gasteiger partial charge in [0.2, 0.25) is 11.7 Å². The molecule has 8 N–H and O–H groups in total. The summed E-state index contributed by atoms with van der Waals surface area (Å²) in [6, 6.07) is 18.0. The molecule has 0 aliphatic rings. The van der Waals surface area contributed by atoms with Crippen LogP contribution in [0, 0.1) is 49.7 Å². The topological polar surface area (TPSA) is 427 Å². The normalized spacial score (nSPS) is 12.0. The molecule has 0 aromatic heterocycles. The second-order valence-electron chi connectivity index (χ2n) is 30.2. The quantitative estimate of drug-likeness (QED) is 0.00523. The monoisotopic (exact) mass is 2010 g/mol. The number of allylic oxidation sites excluding steroid dienone is 1. The third kappa shape index (κ3) is 66.9. The van der Waals surface area contributed by atoms with Crippen LogP contribution in [0.25, 0.3) is 0 Å². The van der Waals surface area contributed by atoms with Crippen molar-refractivity contribution in [2.45, 2.75) is 259 Å². The molecule has 2 rings (SSSR count). The van der Waals surface area contributed by atoms with E-state index in [2.05, 4.69) is 54.2 Å². The molecule has 135 heavy (non-hydrogen) atoms. The van der Waals surface area contributed by atoms with Crippen LogP contribution in [0.5, 0.6) is 0 Å². The number of carboxylic acid groups (broad SMARTS) is 2. The Labute approximate surface area is 780 Å². The third-order valence-electron chi connectivity index (χ3n) is 16.7. The van der Waals surface area contributed by atoms with Crippen LogP contribution in [0.1, 0.15) is 196 Å². The Morgan fingerprint density at radius 3 is 1.01 bits per heavy atom. The molecule has 1 amide bonds. The molecule has 0 fully saturated rings. The number of hydrogen-bond acceptors (Lipinski definition) is 24. The largest absolute Gasteiger partial charge is 1.00 e. The molecule has 2 aromatic carbocycles. The number of hydroxylamine groups is 3. The van der Waals surface area contributed by atoms with Crippen molar-refractivity contribution in [1.29, 1.82) is 5.26 Å². The first-order valence-corrected chi connectivity index (χ1v) is 38.5. The summed E-state index contributed by atoms with van der Waals surface area (Å²) in [5, 5.41) is 32.4. The fourth-order valence-electron chi connectivity index (χ4n) is 7.61. The first kappa shape index (κ1) is 151. The fourth-order valence-corrected chi connectivity index (χ4v) is 7.61. The Morgan fingerprint density at radius 2 is 0.778 bits per heavy atom. The summed E-state index contributed by atoms with van der Waals surface area (Å²) in [7, 11) is 5.77. The summed E-state index contributed by atoms with van der Waals surface area (Å²) in [5.74, 6) is -13.4. The van der Waals surface area contributed by atoms with Crippen molar-refractivity contribution in [1.82, 2.24) is 21.2 Å². The molecule has 2 aromatic rings. The van der Waals surface area contributed by atoms with Crippen LogP contribution in [0.2, 0.25) is 0 Å². The molecular formula is C82H126F24LiN5O23. The first-order chi connectivity index (χ1) is 58.9. The maximum atomic E-state index is 12.9. The van der Waals surface area contributed by atoms with Gasteiger partial charge in [-0.2, -0.15) is 111 Å². The number of benzene rings is 2. The number of ketones is 1. The average molecular weight is 2010 g/mol. The van der Waals surface area contributed by atoms with Gasteiger partial charge in [0.1, 0.15) is 18.7 Å². The summed E-state index contributed by atoms with van der Waals surface area (Å²) in [5.41, 5.74) is -10.8. The third-order valence-corrected chi connectivity index (χ3v) is 16.7. The SMILES string of the molecule is C.CC(=O)C(F)(F)F.CC(C)(CC(=O)O)C(F)(F)F.CC(C)(CC(C#N)NCc1ccccc1)C(F)(F)F.CC(C)(CC(NCc1ccccc1)C(=O)O)C(F)(F)F.CC(C)(CC=O)C(F)(F)F.CCOC(=O)C(C(=O)OCC)=C(C)C(F)(F)F.CCOC(=O)C(C(=O)OCC)C(C)(C)C(F)(F)F.CCOC(=O)CC(=O)OCC.CNOC.CON(C)C(=O)CC(C)(C)C(F)(F)F.O.[Li+].[OH-]. The number of aldehydes is 1. The van der Waals surface area contributed by atoms with Crippen LogP contribution < -0.4 is 35.0 Å². The number of esters is 6. The Morgan fingerprint density at radius 1 is 0.474 bits per heavy atom. The second kappa shape index (κ2) is 69.6. The molecule has 0 bridgehead atoms. The molecule has 53 heteroatoms. The Hall–Kier alpha value is -9.12. The summed E-state index contributed by atoms with van der Waals surface area (Å²) < 4.78 is 320. The number of nitrogens with zero attached hydrogens (tertiary/aromatic N) is 2. The zero-order valence-electron chi connectivity index (χ0n) is 78.5. The van der Waals surface area contributed by atoms with Crippen molar-refractivity contribution >= 4 is 65.7 Å². The van der Waals surface area contributed by atoms with Gasteiger partial charge >= 0.3 is 116 Å². The number of hydrogen-bond donors (Lipinski definition) is 5. The summed E-state index contributed by atoms with van der Waals surface area (Å²) in [6.45, 7) is 22.4. The summed E-state index contributed by atoms with van der Waals surface area (Å²) in [6.07, 6.45) is -38.8. The molecule has 0 saturated carbocycles. The average Bonchev–Trinajstić information content (AvgIpc) is 0.781. The number of halogens is 24. The summed E-state index contributed by atoms with van der Waals surface area (Å²) >= 11 is 0. The number of alkyl halides is 24. The molecule has 28 nitrogen and oxygen atoms in total. The maximum Gasteiger partial charge on any atom is 1.00 e. The van der Waals surface area contributed by atoms with E-state index in [-0.39, 0.29) is 103 Å². The molecule has 0 aliphatic heterocycles. The number of carboxylic acids is 2. The molecule has 786 valence electrons. The van der Waals surface area contributed by atoms with Crippen LogP contribution >= 0.6 is 0 Å². The zero-order valence-corrected chi connectivity index (χ0v) is 78.5. The predicted octanol–water partition coefficient (Wildman–Crippen LogP) is 15.4. The standard InChI is InChI=1S/C14H17F3N2.C14H18F3NO2.C11H17F3O4.C10H13F3O4.C8H14F3NO2.C7H12O4.C6H9F3O2.C6H9F3O.C3H3F3O.C2H7NO.CH4.Li.2H2O/c1-13(2,14(15,16)17)8-12(9-18)19-10-11-6-4-3-5-7-11;1-13(2,14(15,16)17)8-11(12(19)20)18-9-10-6-4-3-5-7-10;1-5-17-8(15)7(9(16)18-6-2)10(3,4)11(12,13)14;1-4-16-8(14)7(9(15)17-5-2)6(3)10(11,12)13;1-7(2,8(9,10)11)5-6(13)12(3)14-4;1-3-10-6(8)5-7(9)11-4-2;1-5(2,3-4(10)11)6(7,8)9;1-5(2,3-4-10)6(7,8)9;1-2(7)3(4,5)6;1-3-4-2;;;;/h3-7,12,19H,8,10H2,1-2H3;3-7,11,18H,8-9H2,1-2H3,(H,19,20);7H,5-6H2,1-4H3;4-5H2,1-3H3;5H2,1-4H3;3-5H2,1-2H3;3H2,1-2H3,(H,10,11);4H,3H2,1-2H3;1H3;3H,1-2H3;1H4;;2*1H2/q;;;;;;;;;;;+1;;/p-1. The van der Waals surface area contributed by atoms with E-state index >= 15 is 0 Å². The van der Waals surface area contributed by atoms with Gasteiger partial charge in [0.05, 0.1) is 110 Å². The van der Waals surface area contributed by atoms with E-state index in [4.69, 9.17) is 15.5 Å². The Kier molecular flexibility index (Phi) is 78.1. The van der Waals surface area contributed by atoms with Gasteiger partial charge in [-0.25, -0.2) is 20.1 Å². The van der Waals surface area contributed by atoms with Gasteiger partial charge in [0.15, 0.2) is 11.5 Å². The van der Waals surface area contributed by atoms with Crippen LogP contribution in [0.15, 0.2) is 71.8 Å². The number of Topliss-reactive ketones (excluding diaryl/α,β-unsaturated/α-hetero) is 1. The first-order valence-electron chi connectivity index (χ1n) is 38.5.